The van der Waals surface area contributed by atoms with Gasteiger partial charge in [-0.25, -0.2) is 0 Å². The number of hydrogen-bond acceptors (Lipinski definition) is 5. The van der Waals surface area contributed by atoms with E-state index in [1.165, 1.54) is 4.88 Å². The molecule has 6 heteroatoms. The molecule has 4 N–H and O–H groups in total. The summed E-state index contributed by atoms with van der Waals surface area (Å²) in [6.45, 7) is 1.97. The van der Waals surface area contributed by atoms with Crippen LogP contribution in [0.5, 0.6) is 0 Å². The predicted octanol–water partition coefficient (Wildman–Crippen LogP) is 1.79. The SMILES string of the molecule is CC(Cc1cccs1)NC(=O)c1cc(NN)ccn1. The summed E-state index contributed by atoms with van der Waals surface area (Å²) in [5, 5.41) is 4.95. The molecule has 19 heavy (non-hydrogen) atoms. The number of amides is 1. The number of hydrogen-bond donors (Lipinski definition) is 3. The normalized spacial score (nSPS) is 11.9. The smallest absolute Gasteiger partial charge is 0.270 e. The second-order valence-corrected chi connectivity index (χ2v) is 5.26. The third-order valence-electron chi connectivity index (χ3n) is 2.62. The van der Waals surface area contributed by atoms with Crippen molar-refractivity contribution in [2.75, 3.05) is 5.43 Å². The molecular formula is C13H16N4OS. The number of pyridine rings is 1. The van der Waals surface area contributed by atoms with Crippen molar-refractivity contribution in [3.63, 3.8) is 0 Å². The molecule has 0 saturated heterocycles. The highest BCUT2D eigenvalue weighted by Gasteiger charge is 2.12. The van der Waals surface area contributed by atoms with Gasteiger partial charge in [-0.15, -0.1) is 11.3 Å². The van der Waals surface area contributed by atoms with Crippen LogP contribution in [-0.2, 0) is 6.42 Å². The van der Waals surface area contributed by atoms with Gasteiger partial charge in [0, 0.05) is 23.5 Å². The van der Waals surface area contributed by atoms with Crippen molar-refractivity contribution < 1.29 is 4.79 Å². The van der Waals surface area contributed by atoms with Gasteiger partial charge in [-0.3, -0.25) is 15.6 Å². The standard InChI is InChI=1S/C13H16N4OS/c1-9(7-11-3-2-6-19-11)16-13(18)12-8-10(17-14)4-5-15-12/h2-6,8-9H,7,14H2,1H3,(H,15,17)(H,16,18). The van der Waals surface area contributed by atoms with Gasteiger partial charge in [0.05, 0.1) is 5.69 Å². The van der Waals surface area contributed by atoms with Crippen LogP contribution in [0.15, 0.2) is 35.8 Å². The van der Waals surface area contributed by atoms with Gasteiger partial charge in [0.15, 0.2) is 0 Å². The summed E-state index contributed by atoms with van der Waals surface area (Å²) < 4.78 is 0. The molecule has 5 nitrogen and oxygen atoms in total. The van der Waals surface area contributed by atoms with E-state index in [1.807, 2.05) is 18.4 Å². The van der Waals surface area contributed by atoms with E-state index in [1.54, 1.807) is 29.7 Å². The van der Waals surface area contributed by atoms with Crippen LogP contribution in [0.4, 0.5) is 5.69 Å². The molecule has 2 rings (SSSR count). The van der Waals surface area contributed by atoms with Crippen LogP contribution < -0.4 is 16.6 Å². The molecule has 1 unspecified atom stereocenters. The minimum absolute atomic E-state index is 0.0578. The molecule has 2 aromatic heterocycles. The van der Waals surface area contributed by atoms with Gasteiger partial charge in [0.2, 0.25) is 0 Å². The number of hydrazine groups is 1. The zero-order valence-corrected chi connectivity index (χ0v) is 11.4. The lowest BCUT2D eigenvalue weighted by Crippen LogP contribution is -2.34. The summed E-state index contributed by atoms with van der Waals surface area (Å²) in [6.07, 6.45) is 2.37. The van der Waals surface area contributed by atoms with Crippen molar-refractivity contribution >= 4 is 22.9 Å². The lowest BCUT2D eigenvalue weighted by atomic mass is 10.2. The van der Waals surface area contributed by atoms with Gasteiger partial charge in [-0.2, -0.15) is 0 Å². The van der Waals surface area contributed by atoms with Crippen LogP contribution in [0.2, 0.25) is 0 Å². The Morgan fingerprint density at radius 3 is 3.05 bits per heavy atom. The highest BCUT2D eigenvalue weighted by Crippen LogP contribution is 2.11. The van der Waals surface area contributed by atoms with Crippen molar-refractivity contribution in [3.05, 3.63) is 46.4 Å². The first kappa shape index (κ1) is 13.5. The van der Waals surface area contributed by atoms with Crippen molar-refractivity contribution in [2.24, 2.45) is 5.84 Å². The number of nitrogens with zero attached hydrogens (tertiary/aromatic N) is 1. The van der Waals surface area contributed by atoms with Crippen LogP contribution in [0.25, 0.3) is 0 Å². The number of anilines is 1. The molecule has 0 aliphatic heterocycles. The Labute approximate surface area is 115 Å². The molecule has 0 bridgehead atoms. The first-order valence-corrected chi connectivity index (χ1v) is 6.83. The number of aromatic nitrogens is 1. The molecule has 2 heterocycles. The molecule has 1 amide bonds. The van der Waals surface area contributed by atoms with Gasteiger partial charge in [-0.1, -0.05) is 6.07 Å². The average Bonchev–Trinajstić information content (AvgIpc) is 2.91. The molecule has 2 aromatic rings. The first-order chi connectivity index (χ1) is 9.19. The van der Waals surface area contributed by atoms with Crippen LogP contribution >= 0.6 is 11.3 Å². The van der Waals surface area contributed by atoms with Gasteiger partial charge >= 0.3 is 0 Å². The minimum Gasteiger partial charge on any atom is -0.348 e. The molecule has 0 aromatic carbocycles. The molecular weight excluding hydrogens is 260 g/mol. The summed E-state index contributed by atoms with van der Waals surface area (Å²) >= 11 is 1.69. The maximum atomic E-state index is 12.0. The Kier molecular flexibility index (Phi) is 4.48. The van der Waals surface area contributed by atoms with E-state index in [2.05, 4.69) is 21.8 Å². The van der Waals surface area contributed by atoms with E-state index in [0.29, 0.717) is 11.4 Å². The monoisotopic (exact) mass is 276 g/mol. The maximum Gasteiger partial charge on any atom is 0.270 e. The summed E-state index contributed by atoms with van der Waals surface area (Å²) in [6, 6.07) is 7.44. The van der Waals surface area contributed by atoms with Crippen LogP contribution in [0.3, 0.4) is 0 Å². The highest BCUT2D eigenvalue weighted by molar-refractivity contribution is 7.09. The summed E-state index contributed by atoms with van der Waals surface area (Å²) in [7, 11) is 0. The van der Waals surface area contributed by atoms with E-state index in [4.69, 9.17) is 5.84 Å². The molecule has 1 atom stereocenters. The Morgan fingerprint density at radius 2 is 2.37 bits per heavy atom. The lowest BCUT2D eigenvalue weighted by molar-refractivity contribution is 0.0935. The van der Waals surface area contributed by atoms with Gasteiger partial charge in [0.1, 0.15) is 5.69 Å². The Morgan fingerprint density at radius 1 is 1.53 bits per heavy atom. The first-order valence-electron chi connectivity index (χ1n) is 5.95. The molecule has 0 fully saturated rings. The number of carbonyl (C=O) groups is 1. The fourth-order valence-corrected chi connectivity index (χ4v) is 2.56. The topological polar surface area (TPSA) is 80.0 Å². The Balaban J connectivity index is 1.96. The molecule has 0 spiro atoms. The fourth-order valence-electron chi connectivity index (χ4n) is 1.72. The molecule has 0 aliphatic rings. The number of nitrogens with one attached hydrogen (secondary N) is 2. The average molecular weight is 276 g/mol. The fraction of sp³-hybridized carbons (Fsp3) is 0.231. The zero-order valence-electron chi connectivity index (χ0n) is 10.6. The predicted molar refractivity (Wildman–Crippen MR) is 77.0 cm³/mol. The van der Waals surface area contributed by atoms with Gasteiger partial charge in [-0.05, 0) is 30.5 Å². The summed E-state index contributed by atoms with van der Waals surface area (Å²) in [4.78, 5) is 17.3. The van der Waals surface area contributed by atoms with Crippen molar-refractivity contribution in [1.29, 1.82) is 0 Å². The second kappa shape index (κ2) is 6.31. The van der Waals surface area contributed by atoms with Gasteiger partial charge in [0.25, 0.3) is 5.91 Å². The van der Waals surface area contributed by atoms with Crippen LogP contribution in [0, 0.1) is 0 Å². The third kappa shape index (κ3) is 3.77. The Hall–Kier alpha value is -1.92. The third-order valence-corrected chi connectivity index (χ3v) is 3.52. The number of rotatable bonds is 5. The van der Waals surface area contributed by atoms with E-state index in [0.717, 1.165) is 6.42 Å². The molecule has 0 saturated carbocycles. The molecule has 0 aliphatic carbocycles. The van der Waals surface area contributed by atoms with Crippen LogP contribution in [0.1, 0.15) is 22.3 Å². The van der Waals surface area contributed by atoms with Crippen molar-refractivity contribution in [2.45, 2.75) is 19.4 Å². The van der Waals surface area contributed by atoms with Crippen molar-refractivity contribution in [3.8, 4) is 0 Å². The quantitative estimate of drug-likeness (QED) is 0.574. The van der Waals surface area contributed by atoms with Crippen molar-refractivity contribution in [1.82, 2.24) is 10.3 Å². The molecule has 100 valence electrons. The summed E-state index contributed by atoms with van der Waals surface area (Å²) in [5.41, 5.74) is 3.51. The maximum absolute atomic E-state index is 12.0. The second-order valence-electron chi connectivity index (χ2n) is 4.23. The van der Waals surface area contributed by atoms with E-state index >= 15 is 0 Å². The van der Waals surface area contributed by atoms with E-state index in [9.17, 15) is 4.79 Å². The highest BCUT2D eigenvalue weighted by atomic mass is 32.1. The van der Waals surface area contributed by atoms with Gasteiger partial charge < -0.3 is 10.7 Å². The largest absolute Gasteiger partial charge is 0.348 e. The number of nitrogen functional groups attached to an aromatic ring is 1. The number of nitrogens with two attached hydrogens (primary N) is 1. The Bertz CT molecular complexity index is 541. The molecule has 0 radical (unpaired) electrons. The lowest BCUT2D eigenvalue weighted by Gasteiger charge is -2.12. The van der Waals surface area contributed by atoms with E-state index in [-0.39, 0.29) is 11.9 Å². The zero-order chi connectivity index (χ0) is 13.7. The number of carbonyl (C=O) groups excluding carboxylic acids is 1. The minimum atomic E-state index is -0.193. The van der Waals surface area contributed by atoms with Crippen LogP contribution in [-0.4, -0.2) is 16.9 Å². The summed E-state index contributed by atoms with van der Waals surface area (Å²) in [5.74, 6) is 5.11. The van der Waals surface area contributed by atoms with E-state index < -0.39 is 0 Å². The number of thiophene rings is 1.